The van der Waals surface area contributed by atoms with Crippen LogP contribution in [0.1, 0.15) is 13.3 Å². The van der Waals surface area contributed by atoms with E-state index in [-0.39, 0.29) is 17.9 Å². The van der Waals surface area contributed by atoms with Crippen LogP contribution in [0, 0.1) is 11.6 Å². The molecule has 2 amide bonds. The van der Waals surface area contributed by atoms with Crippen LogP contribution >= 0.6 is 0 Å². The van der Waals surface area contributed by atoms with E-state index < -0.39 is 36.8 Å². The molecule has 0 aliphatic carbocycles. The summed E-state index contributed by atoms with van der Waals surface area (Å²) in [6.07, 6.45) is -5.55. The van der Waals surface area contributed by atoms with E-state index in [0.29, 0.717) is 0 Å². The molecule has 1 aromatic carbocycles. The summed E-state index contributed by atoms with van der Waals surface area (Å²) in [6.45, 7) is 1.00. The average Bonchev–Trinajstić information content (AvgIpc) is 2.36. The summed E-state index contributed by atoms with van der Waals surface area (Å²) in [4.78, 5) is 14.0. The van der Waals surface area contributed by atoms with Crippen molar-refractivity contribution in [3.05, 3.63) is 23.8 Å². The van der Waals surface area contributed by atoms with E-state index in [1.807, 2.05) is 0 Å². The Hall–Kier alpha value is -2.06. The van der Waals surface area contributed by atoms with E-state index in [4.69, 9.17) is 0 Å². The Labute approximate surface area is 130 Å². The van der Waals surface area contributed by atoms with Crippen LogP contribution < -0.4 is 10.2 Å². The normalized spacial score (nSPS) is 11.3. The van der Waals surface area contributed by atoms with Gasteiger partial charge in [0.25, 0.3) is 0 Å². The van der Waals surface area contributed by atoms with Gasteiger partial charge < -0.3 is 15.1 Å². The molecule has 0 aliphatic heterocycles. The van der Waals surface area contributed by atoms with Crippen molar-refractivity contribution >= 4 is 17.4 Å². The zero-order valence-corrected chi connectivity index (χ0v) is 13.0. The number of nitrogens with one attached hydrogen (secondary N) is 1. The second-order valence-electron chi connectivity index (χ2n) is 5.06. The van der Waals surface area contributed by atoms with Gasteiger partial charge in [-0.3, -0.25) is 0 Å². The van der Waals surface area contributed by atoms with Crippen LogP contribution in [-0.4, -0.2) is 44.3 Å². The van der Waals surface area contributed by atoms with Gasteiger partial charge in [0.1, 0.15) is 5.69 Å². The molecule has 0 saturated carbocycles. The molecular weight excluding hydrogens is 321 g/mol. The van der Waals surface area contributed by atoms with Crippen LogP contribution in [0.2, 0.25) is 0 Å². The number of alkyl halides is 3. The minimum Gasteiger partial charge on any atom is -0.373 e. The lowest BCUT2D eigenvalue weighted by Gasteiger charge is -2.22. The number of benzene rings is 1. The van der Waals surface area contributed by atoms with Crippen LogP contribution in [0.15, 0.2) is 12.1 Å². The van der Waals surface area contributed by atoms with Crippen LogP contribution in [0.5, 0.6) is 0 Å². The molecule has 0 unspecified atom stereocenters. The molecular formula is C14H18F5N3O. The number of hydrogen-bond donors (Lipinski definition) is 1. The second-order valence-corrected chi connectivity index (χ2v) is 5.06. The topological polar surface area (TPSA) is 35.6 Å². The maximum Gasteiger partial charge on any atom is 0.390 e. The van der Waals surface area contributed by atoms with Gasteiger partial charge in [-0.1, -0.05) is 0 Å². The summed E-state index contributed by atoms with van der Waals surface area (Å²) < 4.78 is 64.2. The highest BCUT2D eigenvalue weighted by molar-refractivity contribution is 5.89. The number of rotatable bonds is 5. The van der Waals surface area contributed by atoms with Crippen molar-refractivity contribution in [3.63, 3.8) is 0 Å². The molecule has 0 aliphatic rings. The molecule has 0 heterocycles. The summed E-state index contributed by atoms with van der Waals surface area (Å²) in [7, 11) is 2.91. The fourth-order valence-electron chi connectivity index (χ4n) is 1.93. The molecule has 0 aromatic heterocycles. The first-order chi connectivity index (χ1) is 10.5. The van der Waals surface area contributed by atoms with Crippen molar-refractivity contribution in [3.8, 4) is 0 Å². The Balaban J connectivity index is 2.83. The zero-order valence-electron chi connectivity index (χ0n) is 13.0. The summed E-state index contributed by atoms with van der Waals surface area (Å²) >= 11 is 0. The van der Waals surface area contributed by atoms with E-state index in [9.17, 15) is 26.7 Å². The van der Waals surface area contributed by atoms with Gasteiger partial charge in [0.2, 0.25) is 0 Å². The van der Waals surface area contributed by atoms with Crippen LogP contribution in [-0.2, 0) is 0 Å². The summed E-state index contributed by atoms with van der Waals surface area (Å²) in [5.41, 5.74) is -0.437. The van der Waals surface area contributed by atoms with E-state index in [1.165, 1.54) is 25.9 Å². The van der Waals surface area contributed by atoms with Gasteiger partial charge in [0, 0.05) is 32.9 Å². The van der Waals surface area contributed by atoms with E-state index in [0.717, 1.165) is 17.0 Å². The van der Waals surface area contributed by atoms with E-state index in [2.05, 4.69) is 5.32 Å². The maximum absolute atomic E-state index is 13.8. The molecule has 0 fully saturated rings. The number of nitrogens with zero attached hydrogens (tertiary/aromatic N) is 2. The first-order valence-electron chi connectivity index (χ1n) is 6.84. The van der Waals surface area contributed by atoms with Crippen molar-refractivity contribution in [2.24, 2.45) is 0 Å². The summed E-state index contributed by atoms with van der Waals surface area (Å²) in [6, 6.07) is 0.968. The van der Waals surface area contributed by atoms with Crippen molar-refractivity contribution in [1.82, 2.24) is 4.90 Å². The van der Waals surface area contributed by atoms with Crippen LogP contribution in [0.3, 0.4) is 0 Å². The SMILES string of the molecule is CCN(CCC(F)(F)F)C(=O)Nc1cc(F)c(N(C)C)c(F)c1. The molecule has 130 valence electrons. The van der Waals surface area contributed by atoms with Gasteiger partial charge in [-0.25, -0.2) is 13.6 Å². The fourth-order valence-corrected chi connectivity index (χ4v) is 1.93. The molecule has 0 saturated heterocycles. The lowest BCUT2D eigenvalue weighted by molar-refractivity contribution is -0.136. The molecule has 9 heteroatoms. The van der Waals surface area contributed by atoms with Crippen LogP contribution in [0.25, 0.3) is 0 Å². The summed E-state index contributed by atoms with van der Waals surface area (Å²) in [5, 5.41) is 2.20. The molecule has 1 N–H and O–H groups in total. The first-order valence-corrected chi connectivity index (χ1v) is 6.84. The monoisotopic (exact) mass is 339 g/mol. The molecule has 0 atom stereocenters. The number of urea groups is 1. The molecule has 4 nitrogen and oxygen atoms in total. The van der Waals surface area contributed by atoms with Gasteiger partial charge in [-0.15, -0.1) is 0 Å². The Morgan fingerprint density at radius 1 is 1.17 bits per heavy atom. The Bertz CT molecular complexity index is 537. The zero-order chi connectivity index (χ0) is 17.8. The maximum atomic E-state index is 13.8. The number of halogens is 5. The van der Waals surface area contributed by atoms with E-state index >= 15 is 0 Å². The van der Waals surface area contributed by atoms with Gasteiger partial charge >= 0.3 is 12.2 Å². The first kappa shape index (κ1) is 19.0. The fraction of sp³-hybridized carbons (Fsp3) is 0.500. The molecule has 1 aromatic rings. The quantitative estimate of drug-likeness (QED) is 0.828. The standard InChI is InChI=1S/C14H18F5N3O/c1-4-22(6-5-14(17,18)19)13(23)20-9-7-10(15)12(21(2)3)11(16)8-9/h7-8H,4-6H2,1-3H3,(H,20,23). The van der Waals surface area contributed by atoms with Crippen molar-refractivity contribution in [1.29, 1.82) is 0 Å². The number of carbonyl (C=O) groups is 1. The van der Waals surface area contributed by atoms with Gasteiger partial charge in [0.15, 0.2) is 11.6 Å². The van der Waals surface area contributed by atoms with Crippen LogP contribution in [0.4, 0.5) is 38.1 Å². The number of hydrogen-bond acceptors (Lipinski definition) is 2. The third kappa shape index (κ3) is 5.57. The molecule has 0 spiro atoms. The number of anilines is 2. The number of amides is 2. The Morgan fingerprint density at radius 3 is 2.09 bits per heavy atom. The lowest BCUT2D eigenvalue weighted by atomic mass is 10.2. The predicted molar refractivity (Wildman–Crippen MR) is 77.6 cm³/mol. The second kappa shape index (κ2) is 7.47. The number of carbonyl (C=O) groups excluding carboxylic acids is 1. The average molecular weight is 339 g/mol. The van der Waals surface area contributed by atoms with E-state index in [1.54, 1.807) is 0 Å². The Kier molecular flexibility index (Phi) is 6.17. The minimum atomic E-state index is -4.39. The molecule has 23 heavy (non-hydrogen) atoms. The van der Waals surface area contributed by atoms with Crippen molar-refractivity contribution < 1.29 is 26.7 Å². The minimum absolute atomic E-state index is 0.0304. The largest absolute Gasteiger partial charge is 0.390 e. The lowest BCUT2D eigenvalue weighted by Crippen LogP contribution is -2.37. The van der Waals surface area contributed by atoms with Gasteiger partial charge in [-0.05, 0) is 19.1 Å². The molecule has 0 bridgehead atoms. The van der Waals surface area contributed by atoms with Gasteiger partial charge in [0.05, 0.1) is 6.42 Å². The highest BCUT2D eigenvalue weighted by Gasteiger charge is 2.28. The van der Waals surface area contributed by atoms with Crippen molar-refractivity contribution in [2.45, 2.75) is 19.5 Å². The third-order valence-electron chi connectivity index (χ3n) is 3.05. The Morgan fingerprint density at radius 2 is 1.70 bits per heavy atom. The smallest absolute Gasteiger partial charge is 0.373 e. The molecule has 0 radical (unpaired) electrons. The van der Waals surface area contributed by atoms with Crippen molar-refractivity contribution in [2.75, 3.05) is 37.4 Å². The molecule has 1 rings (SSSR count). The third-order valence-corrected chi connectivity index (χ3v) is 3.05. The highest BCUT2D eigenvalue weighted by atomic mass is 19.4. The predicted octanol–water partition coefficient (Wildman–Crippen LogP) is 3.84. The summed E-state index contributed by atoms with van der Waals surface area (Å²) in [5.74, 6) is -1.77. The highest BCUT2D eigenvalue weighted by Crippen LogP contribution is 2.26. The van der Waals surface area contributed by atoms with Gasteiger partial charge in [-0.2, -0.15) is 13.2 Å².